The second kappa shape index (κ2) is 6.66. The quantitative estimate of drug-likeness (QED) is 0.479. The Balaban J connectivity index is 2.30. The zero-order valence-electron chi connectivity index (χ0n) is 12.0. The van der Waals surface area contributed by atoms with Gasteiger partial charge >= 0.3 is 0 Å². The van der Waals surface area contributed by atoms with E-state index in [-0.39, 0.29) is 5.78 Å². The van der Waals surface area contributed by atoms with Gasteiger partial charge in [0.15, 0.2) is 5.78 Å². The van der Waals surface area contributed by atoms with Gasteiger partial charge in [-0.1, -0.05) is 50.2 Å². The van der Waals surface area contributed by atoms with E-state index < -0.39 is 0 Å². The number of ketones is 1. The Bertz CT molecular complexity index is 640. The van der Waals surface area contributed by atoms with E-state index in [2.05, 4.69) is 12.0 Å². The number of carbonyl (C=O) groups is 1. The Hall–Kier alpha value is -1.68. The Labute approximate surface area is 124 Å². The average Bonchev–Trinajstić information content (AvgIpc) is 2.75. The Morgan fingerprint density at radius 2 is 1.95 bits per heavy atom. The van der Waals surface area contributed by atoms with Crippen molar-refractivity contribution in [3.05, 3.63) is 46.2 Å². The number of rotatable bonds is 6. The van der Waals surface area contributed by atoms with E-state index in [0.717, 1.165) is 30.6 Å². The minimum Gasteiger partial charge on any atom is -0.297 e. The SMILES string of the molecule is CCCCCC(=O)c1c(C)[nH]n(-c2ccccc2)c1=S. The molecule has 0 radical (unpaired) electrons. The van der Waals surface area contributed by atoms with Crippen LogP contribution in [0.1, 0.15) is 48.7 Å². The largest absolute Gasteiger partial charge is 0.297 e. The molecule has 0 unspecified atom stereocenters. The molecule has 0 saturated carbocycles. The first-order chi connectivity index (χ1) is 9.65. The van der Waals surface area contributed by atoms with Crippen molar-refractivity contribution in [3.8, 4) is 5.69 Å². The number of benzene rings is 1. The fourth-order valence-corrected chi connectivity index (χ4v) is 2.71. The summed E-state index contributed by atoms with van der Waals surface area (Å²) >= 11 is 5.46. The van der Waals surface area contributed by atoms with Crippen LogP contribution in [0.15, 0.2) is 30.3 Å². The summed E-state index contributed by atoms with van der Waals surface area (Å²) in [5, 5.41) is 3.19. The first-order valence-corrected chi connectivity index (χ1v) is 7.46. The first-order valence-electron chi connectivity index (χ1n) is 7.05. The first kappa shape index (κ1) is 14.7. The third kappa shape index (κ3) is 3.07. The van der Waals surface area contributed by atoms with Crippen molar-refractivity contribution in [1.29, 1.82) is 0 Å². The number of hydrogen-bond donors (Lipinski definition) is 1. The van der Waals surface area contributed by atoms with Gasteiger partial charge in [0.2, 0.25) is 0 Å². The number of aromatic nitrogens is 2. The number of nitrogens with one attached hydrogen (secondary N) is 1. The Morgan fingerprint density at radius 3 is 2.60 bits per heavy atom. The fraction of sp³-hybridized carbons (Fsp3) is 0.375. The monoisotopic (exact) mass is 288 g/mol. The molecule has 0 amide bonds. The normalized spacial score (nSPS) is 10.7. The van der Waals surface area contributed by atoms with Gasteiger partial charge in [-0.25, -0.2) is 4.68 Å². The van der Waals surface area contributed by atoms with Gasteiger partial charge in [0, 0.05) is 12.1 Å². The van der Waals surface area contributed by atoms with Crippen molar-refractivity contribution in [1.82, 2.24) is 9.78 Å². The smallest absolute Gasteiger partial charge is 0.167 e. The molecule has 0 atom stereocenters. The summed E-state index contributed by atoms with van der Waals surface area (Å²) < 4.78 is 2.38. The third-order valence-corrected chi connectivity index (χ3v) is 3.76. The van der Waals surface area contributed by atoms with E-state index in [0.29, 0.717) is 16.6 Å². The van der Waals surface area contributed by atoms with Gasteiger partial charge in [0.05, 0.1) is 11.3 Å². The Kier molecular flexibility index (Phi) is 4.90. The zero-order chi connectivity index (χ0) is 14.5. The van der Waals surface area contributed by atoms with E-state index in [4.69, 9.17) is 12.2 Å². The van der Waals surface area contributed by atoms with Crippen LogP contribution >= 0.6 is 12.2 Å². The summed E-state index contributed by atoms with van der Waals surface area (Å²) in [5.74, 6) is 0.145. The van der Waals surface area contributed by atoms with E-state index in [9.17, 15) is 4.79 Å². The highest BCUT2D eigenvalue weighted by molar-refractivity contribution is 7.71. The van der Waals surface area contributed by atoms with E-state index in [1.165, 1.54) is 0 Å². The molecule has 3 nitrogen and oxygen atoms in total. The molecule has 0 aliphatic carbocycles. The number of H-pyrrole nitrogens is 1. The highest BCUT2D eigenvalue weighted by Gasteiger charge is 2.16. The van der Waals surface area contributed by atoms with Crippen LogP contribution in [0.5, 0.6) is 0 Å². The van der Waals surface area contributed by atoms with Gasteiger partial charge in [-0.05, 0) is 25.5 Å². The lowest BCUT2D eigenvalue weighted by molar-refractivity contribution is 0.0978. The summed E-state index contributed by atoms with van der Waals surface area (Å²) in [6.07, 6.45) is 3.70. The standard InChI is InChI=1S/C16H20N2OS/c1-3-4-6-11-14(19)15-12(2)17-18(16(15)20)13-9-7-5-8-10-13/h5,7-10,17H,3-4,6,11H2,1-2H3. The van der Waals surface area contributed by atoms with Gasteiger partial charge in [0.1, 0.15) is 4.64 Å². The van der Waals surface area contributed by atoms with Crippen molar-refractivity contribution in [2.45, 2.75) is 39.5 Å². The predicted molar refractivity (Wildman–Crippen MR) is 84.2 cm³/mol. The van der Waals surface area contributed by atoms with Crippen LogP contribution in [0.25, 0.3) is 5.69 Å². The minimum atomic E-state index is 0.145. The number of hydrogen-bond acceptors (Lipinski definition) is 2. The number of aryl methyl sites for hydroxylation is 1. The van der Waals surface area contributed by atoms with E-state index in [1.807, 2.05) is 37.3 Å². The molecule has 2 rings (SSSR count). The average molecular weight is 288 g/mol. The minimum absolute atomic E-state index is 0.145. The number of aromatic amines is 1. The Morgan fingerprint density at radius 1 is 1.25 bits per heavy atom. The van der Waals surface area contributed by atoms with Crippen LogP contribution in [0, 0.1) is 11.6 Å². The van der Waals surface area contributed by atoms with Crippen molar-refractivity contribution in [2.75, 3.05) is 0 Å². The molecule has 0 aliphatic rings. The van der Waals surface area contributed by atoms with Crippen molar-refractivity contribution in [3.63, 3.8) is 0 Å². The zero-order valence-corrected chi connectivity index (χ0v) is 12.8. The van der Waals surface area contributed by atoms with Crippen LogP contribution in [-0.4, -0.2) is 15.6 Å². The highest BCUT2D eigenvalue weighted by Crippen LogP contribution is 2.17. The summed E-state index contributed by atoms with van der Waals surface area (Å²) in [7, 11) is 0. The van der Waals surface area contributed by atoms with E-state index >= 15 is 0 Å². The van der Waals surface area contributed by atoms with Crippen molar-refractivity contribution < 1.29 is 4.79 Å². The summed E-state index contributed by atoms with van der Waals surface area (Å²) in [5.41, 5.74) is 2.47. The third-order valence-electron chi connectivity index (χ3n) is 3.37. The maximum absolute atomic E-state index is 12.3. The maximum Gasteiger partial charge on any atom is 0.167 e. The molecule has 0 aliphatic heterocycles. The van der Waals surface area contributed by atoms with Crippen LogP contribution in [0.4, 0.5) is 0 Å². The van der Waals surface area contributed by atoms with E-state index in [1.54, 1.807) is 4.68 Å². The molecule has 106 valence electrons. The number of para-hydroxylation sites is 1. The highest BCUT2D eigenvalue weighted by atomic mass is 32.1. The summed E-state index contributed by atoms with van der Waals surface area (Å²) in [6.45, 7) is 4.04. The molecule has 1 heterocycles. The molecular formula is C16H20N2OS. The molecule has 0 spiro atoms. The molecule has 4 heteroatoms. The van der Waals surface area contributed by atoms with Crippen LogP contribution in [0.3, 0.4) is 0 Å². The molecule has 20 heavy (non-hydrogen) atoms. The molecule has 0 saturated heterocycles. The topological polar surface area (TPSA) is 37.8 Å². The number of nitrogens with zero attached hydrogens (tertiary/aromatic N) is 1. The van der Waals surface area contributed by atoms with Gasteiger partial charge in [-0.3, -0.25) is 9.89 Å². The molecule has 1 aromatic heterocycles. The van der Waals surface area contributed by atoms with Crippen LogP contribution in [0.2, 0.25) is 0 Å². The summed E-state index contributed by atoms with van der Waals surface area (Å²) in [4.78, 5) is 12.3. The molecule has 0 fully saturated rings. The second-order valence-corrected chi connectivity index (χ2v) is 5.35. The molecule has 2 aromatic rings. The lowest BCUT2D eigenvalue weighted by atomic mass is 10.1. The van der Waals surface area contributed by atoms with Crippen LogP contribution in [-0.2, 0) is 0 Å². The van der Waals surface area contributed by atoms with Gasteiger partial charge in [0.25, 0.3) is 0 Å². The van der Waals surface area contributed by atoms with Crippen molar-refractivity contribution >= 4 is 18.0 Å². The predicted octanol–water partition coefficient (Wildman–Crippen LogP) is 4.61. The lowest BCUT2D eigenvalue weighted by Gasteiger charge is -2.01. The van der Waals surface area contributed by atoms with Gasteiger partial charge in [-0.15, -0.1) is 0 Å². The molecule has 0 bridgehead atoms. The molecular weight excluding hydrogens is 268 g/mol. The summed E-state index contributed by atoms with van der Waals surface area (Å²) in [6, 6.07) is 9.81. The second-order valence-electron chi connectivity index (χ2n) is 4.97. The fourth-order valence-electron chi connectivity index (χ4n) is 2.29. The maximum atomic E-state index is 12.3. The van der Waals surface area contributed by atoms with Gasteiger partial charge in [-0.2, -0.15) is 0 Å². The number of carbonyl (C=O) groups excluding carboxylic acids is 1. The number of Topliss-reactive ketones (excluding diaryl/α,β-unsaturated/α-hetero) is 1. The molecule has 1 aromatic carbocycles. The lowest BCUT2D eigenvalue weighted by Crippen LogP contribution is -2.01. The number of unbranched alkanes of at least 4 members (excludes halogenated alkanes) is 2. The van der Waals surface area contributed by atoms with Gasteiger partial charge < -0.3 is 0 Å². The van der Waals surface area contributed by atoms with Crippen molar-refractivity contribution in [2.24, 2.45) is 0 Å². The molecule has 1 N–H and O–H groups in total. The van der Waals surface area contributed by atoms with Crippen LogP contribution < -0.4 is 0 Å².